The molecule has 0 unspecified atom stereocenters. The third kappa shape index (κ3) is 4.55. The Morgan fingerprint density at radius 2 is 2.11 bits per heavy atom. The van der Waals surface area contributed by atoms with E-state index in [4.69, 9.17) is 0 Å². The molecular formula is C13H26N4O. The van der Waals surface area contributed by atoms with Gasteiger partial charge in [0.25, 0.3) is 0 Å². The third-order valence-electron chi connectivity index (χ3n) is 3.17. The summed E-state index contributed by atoms with van der Waals surface area (Å²) in [5.74, 6) is 0.851. The molecule has 5 heteroatoms. The van der Waals surface area contributed by atoms with E-state index in [0.29, 0.717) is 12.0 Å². The first-order valence-electron chi connectivity index (χ1n) is 6.71. The second kappa shape index (κ2) is 6.61. The van der Waals surface area contributed by atoms with Gasteiger partial charge in [-0.05, 0) is 18.3 Å². The Morgan fingerprint density at radius 3 is 2.61 bits per heavy atom. The van der Waals surface area contributed by atoms with Crippen molar-refractivity contribution in [2.75, 3.05) is 33.2 Å². The monoisotopic (exact) mass is 254 g/mol. The number of amides is 1. The lowest BCUT2D eigenvalue weighted by Crippen LogP contribution is -2.45. The molecule has 0 aromatic rings. The van der Waals surface area contributed by atoms with Gasteiger partial charge in [0.2, 0.25) is 5.91 Å². The minimum atomic E-state index is 0.0245. The second-order valence-electron chi connectivity index (χ2n) is 5.59. The number of aliphatic imine (C=N–C) groups is 1. The van der Waals surface area contributed by atoms with Crippen molar-refractivity contribution in [3.05, 3.63) is 0 Å². The number of nitrogens with one attached hydrogen (secondary N) is 2. The first-order chi connectivity index (χ1) is 8.48. The van der Waals surface area contributed by atoms with Gasteiger partial charge in [-0.25, -0.2) is 0 Å². The van der Waals surface area contributed by atoms with E-state index in [1.54, 1.807) is 7.05 Å². The molecular weight excluding hydrogens is 228 g/mol. The number of guanidine groups is 1. The minimum absolute atomic E-state index is 0.0245. The zero-order valence-corrected chi connectivity index (χ0v) is 12.0. The van der Waals surface area contributed by atoms with Gasteiger partial charge in [0, 0.05) is 26.7 Å². The van der Waals surface area contributed by atoms with E-state index in [0.717, 1.165) is 38.4 Å². The lowest BCUT2D eigenvalue weighted by Gasteiger charge is -2.23. The van der Waals surface area contributed by atoms with Crippen molar-refractivity contribution in [1.29, 1.82) is 0 Å². The van der Waals surface area contributed by atoms with Crippen LogP contribution < -0.4 is 10.6 Å². The number of hydrogen-bond donors (Lipinski definition) is 2. The van der Waals surface area contributed by atoms with E-state index >= 15 is 0 Å². The molecule has 5 nitrogen and oxygen atoms in total. The van der Waals surface area contributed by atoms with Crippen LogP contribution in [0, 0.1) is 5.41 Å². The molecule has 18 heavy (non-hydrogen) atoms. The summed E-state index contributed by atoms with van der Waals surface area (Å²) >= 11 is 0. The number of carbonyl (C=O) groups is 1. The molecule has 0 saturated carbocycles. The summed E-state index contributed by atoms with van der Waals surface area (Å²) in [4.78, 5) is 18.0. The molecule has 1 rings (SSSR count). The third-order valence-corrected chi connectivity index (χ3v) is 3.17. The average molecular weight is 254 g/mol. The average Bonchev–Trinajstić information content (AvgIpc) is 2.68. The van der Waals surface area contributed by atoms with Crippen molar-refractivity contribution in [2.24, 2.45) is 10.4 Å². The highest BCUT2D eigenvalue weighted by atomic mass is 16.1. The van der Waals surface area contributed by atoms with Gasteiger partial charge < -0.3 is 15.5 Å². The number of rotatable bonds is 4. The van der Waals surface area contributed by atoms with Crippen LogP contribution in [0.15, 0.2) is 4.99 Å². The molecule has 1 heterocycles. The highest BCUT2D eigenvalue weighted by molar-refractivity contribution is 5.86. The summed E-state index contributed by atoms with van der Waals surface area (Å²) in [6.45, 7) is 9.58. The van der Waals surface area contributed by atoms with Gasteiger partial charge in [-0.3, -0.25) is 9.79 Å². The summed E-state index contributed by atoms with van der Waals surface area (Å²) in [5, 5.41) is 5.97. The minimum Gasteiger partial charge on any atom is -0.355 e. The molecule has 1 fully saturated rings. The summed E-state index contributed by atoms with van der Waals surface area (Å²) in [5.41, 5.74) is 0.335. The van der Waals surface area contributed by atoms with Crippen LogP contribution in [0.1, 0.15) is 33.6 Å². The van der Waals surface area contributed by atoms with Gasteiger partial charge >= 0.3 is 0 Å². The lowest BCUT2D eigenvalue weighted by molar-refractivity contribution is -0.120. The van der Waals surface area contributed by atoms with Crippen molar-refractivity contribution in [3.63, 3.8) is 0 Å². The van der Waals surface area contributed by atoms with Crippen LogP contribution in [0.4, 0.5) is 0 Å². The zero-order chi connectivity index (χ0) is 13.6. The maximum Gasteiger partial charge on any atom is 0.239 e. The van der Waals surface area contributed by atoms with Crippen molar-refractivity contribution in [2.45, 2.75) is 33.6 Å². The van der Waals surface area contributed by atoms with Crippen molar-refractivity contribution < 1.29 is 4.79 Å². The molecule has 0 aromatic carbocycles. The smallest absolute Gasteiger partial charge is 0.239 e. The predicted molar refractivity (Wildman–Crippen MR) is 74.6 cm³/mol. The maximum absolute atomic E-state index is 11.5. The van der Waals surface area contributed by atoms with E-state index in [1.807, 2.05) is 6.92 Å². The molecule has 0 radical (unpaired) electrons. The Hall–Kier alpha value is -1.26. The molecule has 1 aliphatic rings. The van der Waals surface area contributed by atoms with Crippen molar-refractivity contribution >= 4 is 11.9 Å². The van der Waals surface area contributed by atoms with Gasteiger partial charge in [-0.15, -0.1) is 0 Å². The Labute approximate surface area is 110 Å². The van der Waals surface area contributed by atoms with E-state index in [-0.39, 0.29) is 5.91 Å². The first-order valence-corrected chi connectivity index (χ1v) is 6.71. The van der Waals surface area contributed by atoms with Gasteiger partial charge in [-0.2, -0.15) is 0 Å². The molecule has 1 saturated heterocycles. The van der Waals surface area contributed by atoms with Crippen molar-refractivity contribution in [3.8, 4) is 0 Å². The van der Waals surface area contributed by atoms with E-state index in [9.17, 15) is 4.79 Å². The number of hydrogen-bond acceptors (Lipinski definition) is 2. The van der Waals surface area contributed by atoms with Gasteiger partial charge in [-0.1, -0.05) is 20.8 Å². The molecule has 1 aliphatic heterocycles. The summed E-state index contributed by atoms with van der Waals surface area (Å²) in [6, 6.07) is 0. The van der Waals surface area contributed by atoms with E-state index < -0.39 is 0 Å². The quantitative estimate of drug-likeness (QED) is 0.577. The van der Waals surface area contributed by atoms with Gasteiger partial charge in [0.1, 0.15) is 0 Å². The van der Waals surface area contributed by atoms with Crippen LogP contribution in [0.5, 0.6) is 0 Å². The Morgan fingerprint density at radius 1 is 1.39 bits per heavy atom. The molecule has 104 valence electrons. The fourth-order valence-corrected chi connectivity index (χ4v) is 2.11. The second-order valence-corrected chi connectivity index (χ2v) is 5.59. The first kappa shape index (κ1) is 14.8. The van der Waals surface area contributed by atoms with Crippen LogP contribution in [-0.4, -0.2) is 50.0 Å². The Bertz CT molecular complexity index is 312. The molecule has 1 amide bonds. The topological polar surface area (TPSA) is 56.7 Å². The largest absolute Gasteiger partial charge is 0.355 e. The number of carbonyl (C=O) groups excluding carboxylic acids is 1. The van der Waals surface area contributed by atoms with Gasteiger partial charge in [0.15, 0.2) is 5.96 Å². The van der Waals surface area contributed by atoms with Crippen LogP contribution in [0.25, 0.3) is 0 Å². The Kier molecular flexibility index (Phi) is 5.44. The fraction of sp³-hybridized carbons (Fsp3) is 0.846. The highest BCUT2D eigenvalue weighted by Gasteiger charge is 2.30. The van der Waals surface area contributed by atoms with Crippen molar-refractivity contribution in [1.82, 2.24) is 15.5 Å². The summed E-state index contributed by atoms with van der Waals surface area (Å²) in [6.07, 6.45) is 2.12. The molecule has 0 aliphatic carbocycles. The fourth-order valence-electron chi connectivity index (χ4n) is 2.11. The molecule has 2 N–H and O–H groups in total. The summed E-state index contributed by atoms with van der Waals surface area (Å²) in [7, 11) is 1.76. The molecule has 0 atom stereocenters. The van der Waals surface area contributed by atoms with E-state index in [2.05, 4.69) is 34.4 Å². The molecule has 0 bridgehead atoms. The van der Waals surface area contributed by atoms with Gasteiger partial charge in [0.05, 0.1) is 6.54 Å². The number of likely N-dealkylation sites (tertiary alicyclic amines) is 1. The van der Waals surface area contributed by atoms with Crippen LogP contribution in [-0.2, 0) is 4.79 Å². The molecule has 0 spiro atoms. The molecule has 0 aromatic heterocycles. The number of nitrogens with zero attached hydrogens (tertiary/aromatic N) is 2. The maximum atomic E-state index is 11.5. The standard InChI is InChI=1S/C13H26N4O/c1-5-7-15-11(18)9-16-12(14-4)17-8-6-13(2,3)10-17/h5-10H2,1-4H3,(H,14,16)(H,15,18). The Balaban J connectivity index is 2.37. The highest BCUT2D eigenvalue weighted by Crippen LogP contribution is 2.28. The lowest BCUT2D eigenvalue weighted by atomic mass is 9.93. The van der Waals surface area contributed by atoms with E-state index in [1.165, 1.54) is 0 Å². The van der Waals surface area contributed by atoms with Crippen LogP contribution in [0.3, 0.4) is 0 Å². The van der Waals surface area contributed by atoms with Crippen LogP contribution >= 0.6 is 0 Å². The normalized spacial score (nSPS) is 18.9. The SMILES string of the molecule is CCCNC(=O)CNC(=NC)N1CCC(C)(C)C1. The predicted octanol–water partition coefficient (Wildman–Crippen LogP) is 0.820. The van der Waals surface area contributed by atoms with Crippen LogP contribution in [0.2, 0.25) is 0 Å². The summed E-state index contributed by atoms with van der Waals surface area (Å²) < 4.78 is 0. The zero-order valence-electron chi connectivity index (χ0n) is 12.0.